The zero-order chi connectivity index (χ0) is 24.0. The number of anilines is 1. The van der Waals surface area contributed by atoms with Gasteiger partial charge >= 0.3 is 5.97 Å². The summed E-state index contributed by atoms with van der Waals surface area (Å²) in [5.41, 5.74) is 0.986. The molecule has 0 aromatic heterocycles. The Hall–Kier alpha value is -3.64. The second-order valence-corrected chi connectivity index (χ2v) is 8.79. The van der Waals surface area contributed by atoms with Gasteiger partial charge in [-0.15, -0.1) is 11.8 Å². The molecule has 1 aliphatic rings. The summed E-state index contributed by atoms with van der Waals surface area (Å²) in [5.74, 6) is -2.28. The van der Waals surface area contributed by atoms with E-state index in [1.807, 2.05) is 19.9 Å². The van der Waals surface area contributed by atoms with Gasteiger partial charge in [0.25, 0.3) is 17.7 Å². The van der Waals surface area contributed by atoms with Crippen LogP contribution in [-0.2, 0) is 14.3 Å². The lowest BCUT2D eigenvalue weighted by atomic mass is 10.0. The number of carbonyl (C=O) groups excluding carboxylic acids is 4. The van der Waals surface area contributed by atoms with Gasteiger partial charge in [-0.05, 0) is 36.6 Å². The predicted octanol–water partition coefficient (Wildman–Crippen LogP) is 3.49. The smallest absolute Gasteiger partial charge is 0.329 e. The van der Waals surface area contributed by atoms with Crippen molar-refractivity contribution in [3.05, 3.63) is 59.7 Å². The van der Waals surface area contributed by atoms with Crippen molar-refractivity contribution >= 4 is 41.1 Å². The maximum absolute atomic E-state index is 12.9. The van der Waals surface area contributed by atoms with Crippen LogP contribution in [0.4, 0.5) is 5.69 Å². The zero-order valence-electron chi connectivity index (χ0n) is 18.2. The highest BCUT2D eigenvalue weighted by atomic mass is 32.2. The Balaban J connectivity index is 1.68. The zero-order valence-corrected chi connectivity index (χ0v) is 19.1. The monoisotopic (exact) mass is 465 g/mol. The second-order valence-electron chi connectivity index (χ2n) is 7.77. The van der Waals surface area contributed by atoms with Gasteiger partial charge in [0, 0.05) is 4.90 Å². The van der Waals surface area contributed by atoms with E-state index in [1.54, 1.807) is 48.5 Å². The lowest BCUT2D eigenvalue weighted by Gasteiger charge is -2.25. The molecule has 2 aromatic rings. The maximum Gasteiger partial charge on any atom is 0.329 e. The molecular formula is C24H23N3O5S. The molecule has 8 nitrogen and oxygen atoms in total. The lowest BCUT2D eigenvalue weighted by molar-refractivity contribution is -0.151. The van der Waals surface area contributed by atoms with Gasteiger partial charge in [-0.2, -0.15) is 5.26 Å². The number of fused-ring (bicyclic) bond motifs is 1. The number of nitrogens with zero attached hydrogens (tertiary/aromatic N) is 2. The molecule has 0 radical (unpaired) electrons. The molecule has 1 atom stereocenters. The Morgan fingerprint density at radius 2 is 1.67 bits per heavy atom. The summed E-state index contributed by atoms with van der Waals surface area (Å²) in [6.07, 6.45) is 0.208. The summed E-state index contributed by atoms with van der Waals surface area (Å²) in [7, 11) is 0. The number of carbonyl (C=O) groups is 4. The van der Waals surface area contributed by atoms with Crippen LogP contribution in [0, 0.1) is 17.2 Å². The van der Waals surface area contributed by atoms with Crippen LogP contribution in [0.3, 0.4) is 0 Å². The first kappa shape index (κ1) is 24.0. The molecular weight excluding hydrogens is 442 g/mol. The van der Waals surface area contributed by atoms with Crippen molar-refractivity contribution in [3.8, 4) is 6.07 Å². The normalized spacial score (nSPS) is 13.5. The first-order valence-electron chi connectivity index (χ1n) is 10.4. The van der Waals surface area contributed by atoms with Gasteiger partial charge in [-0.3, -0.25) is 19.3 Å². The molecule has 0 unspecified atom stereocenters. The number of hydrogen-bond acceptors (Lipinski definition) is 7. The molecule has 9 heteroatoms. The number of ether oxygens (including phenoxy) is 1. The minimum Gasteiger partial charge on any atom is -0.454 e. The third-order valence-corrected chi connectivity index (χ3v) is 5.84. The lowest BCUT2D eigenvalue weighted by Crippen LogP contribution is -2.46. The summed E-state index contributed by atoms with van der Waals surface area (Å²) in [6.45, 7) is 3.15. The Labute approximate surface area is 195 Å². The highest BCUT2D eigenvalue weighted by molar-refractivity contribution is 7.99. The Morgan fingerprint density at radius 3 is 2.27 bits per heavy atom. The molecule has 2 aromatic carbocycles. The Bertz CT molecular complexity index is 1090. The summed E-state index contributed by atoms with van der Waals surface area (Å²) >= 11 is 1.27. The van der Waals surface area contributed by atoms with Gasteiger partial charge in [0.1, 0.15) is 6.04 Å². The molecule has 3 rings (SSSR count). The average molecular weight is 466 g/mol. The molecule has 0 spiro atoms. The fourth-order valence-corrected chi connectivity index (χ4v) is 4.14. The number of para-hydroxylation sites is 1. The molecule has 33 heavy (non-hydrogen) atoms. The first-order chi connectivity index (χ1) is 15.8. The van der Waals surface area contributed by atoms with E-state index in [1.165, 1.54) is 11.8 Å². The number of thioether (sulfide) groups is 1. The first-order valence-corrected chi connectivity index (χ1v) is 11.3. The summed E-state index contributed by atoms with van der Waals surface area (Å²) < 4.78 is 5.21. The summed E-state index contributed by atoms with van der Waals surface area (Å²) in [5, 5.41) is 11.4. The minimum absolute atomic E-state index is 0.00951. The molecule has 170 valence electrons. The fraction of sp³-hybridized carbons (Fsp3) is 0.292. The number of benzene rings is 2. The van der Waals surface area contributed by atoms with E-state index in [4.69, 9.17) is 10.00 Å². The quantitative estimate of drug-likeness (QED) is 0.342. The van der Waals surface area contributed by atoms with Crippen LogP contribution in [-0.4, -0.2) is 47.0 Å². The van der Waals surface area contributed by atoms with Gasteiger partial charge < -0.3 is 10.1 Å². The highest BCUT2D eigenvalue weighted by Gasteiger charge is 2.43. The number of rotatable bonds is 9. The van der Waals surface area contributed by atoms with Crippen LogP contribution < -0.4 is 5.32 Å². The fourth-order valence-electron chi connectivity index (χ4n) is 3.47. The molecule has 1 heterocycles. The number of nitriles is 1. The molecule has 0 bridgehead atoms. The number of nitrogens with one attached hydrogen (secondary N) is 1. The van der Waals surface area contributed by atoms with E-state index >= 15 is 0 Å². The van der Waals surface area contributed by atoms with E-state index in [0.717, 1.165) is 4.90 Å². The predicted molar refractivity (Wildman–Crippen MR) is 123 cm³/mol. The standard InChI is InChI=1S/C24H23N3O5S/c1-15(2)13-19(27-22(29)16-7-3-4-8-17(16)23(27)30)24(31)32-14-21(28)26-18-9-5-6-10-20(18)33-12-11-25/h3-10,15,19H,12-14H2,1-2H3,(H,26,28)/t19-/m0/s1. The average Bonchev–Trinajstić information content (AvgIpc) is 3.05. The number of hydrogen-bond donors (Lipinski definition) is 1. The molecule has 0 saturated carbocycles. The van der Waals surface area contributed by atoms with Crippen LogP contribution in [0.1, 0.15) is 41.0 Å². The molecule has 0 saturated heterocycles. The molecule has 1 aliphatic heterocycles. The maximum atomic E-state index is 12.9. The van der Waals surface area contributed by atoms with Crippen LogP contribution in [0.25, 0.3) is 0 Å². The van der Waals surface area contributed by atoms with E-state index in [9.17, 15) is 19.2 Å². The SMILES string of the molecule is CC(C)C[C@@H](C(=O)OCC(=O)Nc1ccccc1SCC#N)N1C(=O)c2ccccc2C1=O. The van der Waals surface area contributed by atoms with Crippen LogP contribution in [0.2, 0.25) is 0 Å². The van der Waals surface area contributed by atoms with Crippen molar-refractivity contribution in [3.63, 3.8) is 0 Å². The Morgan fingerprint density at radius 1 is 1.06 bits per heavy atom. The minimum atomic E-state index is -1.14. The summed E-state index contributed by atoms with van der Waals surface area (Å²) in [6, 6.07) is 14.3. The van der Waals surface area contributed by atoms with Crippen molar-refractivity contribution in [2.45, 2.75) is 31.2 Å². The molecule has 1 N–H and O–H groups in total. The second kappa shape index (κ2) is 10.8. The van der Waals surface area contributed by atoms with Crippen LogP contribution >= 0.6 is 11.8 Å². The van der Waals surface area contributed by atoms with Crippen molar-refractivity contribution in [2.75, 3.05) is 17.7 Å². The van der Waals surface area contributed by atoms with E-state index in [0.29, 0.717) is 10.6 Å². The van der Waals surface area contributed by atoms with Crippen molar-refractivity contribution in [1.29, 1.82) is 5.26 Å². The molecule has 3 amide bonds. The topological polar surface area (TPSA) is 117 Å². The van der Waals surface area contributed by atoms with E-state index in [2.05, 4.69) is 5.32 Å². The third kappa shape index (κ3) is 5.59. The Kier molecular flexibility index (Phi) is 7.85. The van der Waals surface area contributed by atoms with Gasteiger partial charge in [0.2, 0.25) is 0 Å². The van der Waals surface area contributed by atoms with Gasteiger partial charge in [-0.1, -0.05) is 38.1 Å². The molecule has 0 aliphatic carbocycles. The van der Waals surface area contributed by atoms with Gasteiger partial charge in [0.05, 0.1) is 28.6 Å². The van der Waals surface area contributed by atoms with Gasteiger partial charge in [0.15, 0.2) is 6.61 Å². The number of imide groups is 1. The van der Waals surface area contributed by atoms with Gasteiger partial charge in [-0.25, -0.2) is 4.79 Å². The summed E-state index contributed by atoms with van der Waals surface area (Å²) in [4.78, 5) is 52.6. The van der Waals surface area contributed by atoms with Crippen molar-refractivity contribution in [2.24, 2.45) is 5.92 Å². The molecule has 0 fully saturated rings. The third-order valence-electron chi connectivity index (χ3n) is 4.90. The van der Waals surface area contributed by atoms with Crippen LogP contribution in [0.5, 0.6) is 0 Å². The van der Waals surface area contributed by atoms with Crippen molar-refractivity contribution in [1.82, 2.24) is 4.90 Å². The number of amides is 3. The largest absolute Gasteiger partial charge is 0.454 e. The highest BCUT2D eigenvalue weighted by Crippen LogP contribution is 2.28. The van der Waals surface area contributed by atoms with E-state index in [-0.39, 0.29) is 29.2 Å². The number of esters is 1. The van der Waals surface area contributed by atoms with E-state index < -0.39 is 36.3 Å². The van der Waals surface area contributed by atoms with Crippen molar-refractivity contribution < 1.29 is 23.9 Å². The van der Waals surface area contributed by atoms with Crippen LogP contribution in [0.15, 0.2) is 53.4 Å².